The quantitative estimate of drug-likeness (QED) is 0.781. The zero-order chi connectivity index (χ0) is 17.6. The number of hydrogen-bond donors (Lipinski definition) is 1. The SMILES string of the molecule is COc1ccc(CCO[C@@H]2CCCC[C@@H]2N2CC[C@@H](O)C2)cc1OC.Cl. The molecule has 2 aliphatic rings. The smallest absolute Gasteiger partial charge is 0.160 e. The first-order chi connectivity index (χ1) is 12.2. The minimum atomic E-state index is -0.158. The summed E-state index contributed by atoms with van der Waals surface area (Å²) < 4.78 is 16.9. The van der Waals surface area contributed by atoms with E-state index in [0.29, 0.717) is 18.8 Å². The summed E-state index contributed by atoms with van der Waals surface area (Å²) in [4.78, 5) is 2.44. The van der Waals surface area contributed by atoms with Crippen LogP contribution in [0.5, 0.6) is 11.5 Å². The molecule has 3 rings (SSSR count). The fourth-order valence-electron chi connectivity index (χ4n) is 4.12. The van der Waals surface area contributed by atoms with E-state index in [0.717, 1.165) is 43.9 Å². The van der Waals surface area contributed by atoms with Gasteiger partial charge in [0.1, 0.15) is 0 Å². The highest BCUT2D eigenvalue weighted by molar-refractivity contribution is 5.85. The van der Waals surface area contributed by atoms with Crippen molar-refractivity contribution in [1.82, 2.24) is 4.90 Å². The molecule has 1 saturated carbocycles. The van der Waals surface area contributed by atoms with Gasteiger partial charge in [-0.2, -0.15) is 0 Å². The van der Waals surface area contributed by atoms with Crippen LogP contribution in [0.2, 0.25) is 0 Å². The summed E-state index contributed by atoms with van der Waals surface area (Å²) in [5.74, 6) is 1.52. The molecule has 0 unspecified atom stereocenters. The van der Waals surface area contributed by atoms with Crippen LogP contribution in [-0.4, -0.2) is 62.2 Å². The number of likely N-dealkylation sites (tertiary alicyclic amines) is 1. The van der Waals surface area contributed by atoms with Crippen molar-refractivity contribution in [2.75, 3.05) is 33.9 Å². The number of nitrogens with zero attached hydrogens (tertiary/aromatic N) is 1. The molecule has 1 aliphatic carbocycles. The van der Waals surface area contributed by atoms with Gasteiger partial charge >= 0.3 is 0 Å². The molecule has 1 saturated heterocycles. The number of halogens is 1. The number of benzene rings is 1. The molecule has 1 heterocycles. The van der Waals surface area contributed by atoms with Crippen molar-refractivity contribution in [1.29, 1.82) is 0 Å². The van der Waals surface area contributed by atoms with Crippen molar-refractivity contribution >= 4 is 12.4 Å². The van der Waals surface area contributed by atoms with Crippen molar-refractivity contribution < 1.29 is 19.3 Å². The number of hydrogen-bond acceptors (Lipinski definition) is 5. The predicted octanol–water partition coefficient (Wildman–Crippen LogP) is 3.06. The lowest BCUT2D eigenvalue weighted by Gasteiger charge is -2.37. The van der Waals surface area contributed by atoms with Crippen molar-refractivity contribution in [3.63, 3.8) is 0 Å². The van der Waals surface area contributed by atoms with Gasteiger partial charge in [0, 0.05) is 19.1 Å². The van der Waals surface area contributed by atoms with Gasteiger partial charge in [-0.05, 0) is 43.4 Å². The molecule has 1 aliphatic heterocycles. The Balaban J connectivity index is 0.00000243. The summed E-state index contributed by atoms with van der Waals surface area (Å²) >= 11 is 0. The summed E-state index contributed by atoms with van der Waals surface area (Å²) in [6, 6.07) is 6.51. The molecule has 148 valence electrons. The predicted molar refractivity (Wildman–Crippen MR) is 105 cm³/mol. The third kappa shape index (κ3) is 5.26. The average Bonchev–Trinajstić information content (AvgIpc) is 3.08. The number of ether oxygens (including phenoxy) is 3. The van der Waals surface area contributed by atoms with Gasteiger partial charge in [-0.15, -0.1) is 12.4 Å². The van der Waals surface area contributed by atoms with E-state index in [4.69, 9.17) is 14.2 Å². The molecule has 0 radical (unpaired) electrons. The van der Waals surface area contributed by atoms with E-state index >= 15 is 0 Å². The van der Waals surface area contributed by atoms with E-state index in [1.807, 2.05) is 12.1 Å². The maximum Gasteiger partial charge on any atom is 0.160 e. The van der Waals surface area contributed by atoms with E-state index in [9.17, 15) is 5.11 Å². The minimum Gasteiger partial charge on any atom is -0.493 e. The standard InChI is InChI=1S/C20H31NO4.ClH/c1-23-19-8-7-15(13-20(19)24-2)10-12-25-18-6-4-3-5-17(18)21-11-9-16(22)14-21;/h7-8,13,16-18,22H,3-6,9-12,14H2,1-2H3;1H/t16-,17+,18-;/m1./s1. The van der Waals surface area contributed by atoms with E-state index in [2.05, 4.69) is 11.0 Å². The summed E-state index contributed by atoms with van der Waals surface area (Å²) in [6.45, 7) is 2.52. The Labute approximate surface area is 163 Å². The Bertz CT molecular complexity index is 557. The van der Waals surface area contributed by atoms with Crippen molar-refractivity contribution in [2.45, 2.75) is 56.8 Å². The molecular weight excluding hydrogens is 354 g/mol. The summed E-state index contributed by atoms with van der Waals surface area (Å²) in [5, 5.41) is 9.83. The van der Waals surface area contributed by atoms with Crippen LogP contribution in [0.25, 0.3) is 0 Å². The third-order valence-corrected chi connectivity index (χ3v) is 5.50. The van der Waals surface area contributed by atoms with Gasteiger partial charge in [0.15, 0.2) is 11.5 Å². The van der Waals surface area contributed by atoms with Crippen LogP contribution in [0.1, 0.15) is 37.7 Å². The summed E-state index contributed by atoms with van der Waals surface area (Å²) in [6.07, 6.45) is 6.73. The van der Waals surface area contributed by atoms with Gasteiger partial charge < -0.3 is 19.3 Å². The van der Waals surface area contributed by atoms with Crippen LogP contribution in [-0.2, 0) is 11.2 Å². The van der Waals surface area contributed by atoms with Crippen LogP contribution in [0.4, 0.5) is 0 Å². The number of β-amino-alcohol motifs (C(OH)–C–C–N with tert-alkyl or cyclic N) is 1. The number of methoxy groups -OCH3 is 2. The maximum absolute atomic E-state index is 9.83. The largest absolute Gasteiger partial charge is 0.493 e. The van der Waals surface area contributed by atoms with Crippen LogP contribution in [0, 0.1) is 0 Å². The molecule has 0 amide bonds. The molecule has 26 heavy (non-hydrogen) atoms. The van der Waals surface area contributed by atoms with Gasteiger partial charge in [-0.25, -0.2) is 0 Å². The normalized spacial score (nSPS) is 26.3. The zero-order valence-electron chi connectivity index (χ0n) is 15.9. The molecule has 2 fully saturated rings. The molecule has 1 aromatic carbocycles. The van der Waals surface area contributed by atoms with E-state index < -0.39 is 0 Å². The molecule has 1 N–H and O–H groups in total. The van der Waals surface area contributed by atoms with Gasteiger partial charge in [0.2, 0.25) is 0 Å². The summed E-state index contributed by atoms with van der Waals surface area (Å²) in [5.41, 5.74) is 1.20. The topological polar surface area (TPSA) is 51.2 Å². The molecule has 3 atom stereocenters. The van der Waals surface area contributed by atoms with Crippen molar-refractivity contribution in [3.8, 4) is 11.5 Å². The van der Waals surface area contributed by atoms with E-state index in [1.54, 1.807) is 14.2 Å². The molecule has 6 heteroatoms. The Morgan fingerprint density at radius 1 is 1.08 bits per heavy atom. The van der Waals surface area contributed by atoms with Gasteiger partial charge in [-0.3, -0.25) is 4.90 Å². The van der Waals surface area contributed by atoms with Crippen LogP contribution in [0.3, 0.4) is 0 Å². The first-order valence-electron chi connectivity index (χ1n) is 9.46. The number of rotatable bonds is 7. The third-order valence-electron chi connectivity index (χ3n) is 5.50. The monoisotopic (exact) mass is 385 g/mol. The Hall–Kier alpha value is -1.01. The highest BCUT2D eigenvalue weighted by Gasteiger charge is 2.34. The first-order valence-corrected chi connectivity index (χ1v) is 9.46. The lowest BCUT2D eigenvalue weighted by Crippen LogP contribution is -2.46. The van der Waals surface area contributed by atoms with Crippen LogP contribution >= 0.6 is 12.4 Å². The maximum atomic E-state index is 9.83. The highest BCUT2D eigenvalue weighted by Crippen LogP contribution is 2.30. The van der Waals surface area contributed by atoms with Crippen LogP contribution < -0.4 is 9.47 Å². The highest BCUT2D eigenvalue weighted by atomic mass is 35.5. The summed E-state index contributed by atoms with van der Waals surface area (Å²) in [7, 11) is 3.31. The Kier molecular flexibility index (Phi) is 8.48. The second kappa shape index (κ2) is 10.4. The van der Waals surface area contributed by atoms with Gasteiger partial charge in [0.25, 0.3) is 0 Å². The minimum absolute atomic E-state index is 0. The second-order valence-corrected chi connectivity index (χ2v) is 7.14. The zero-order valence-corrected chi connectivity index (χ0v) is 16.7. The molecule has 0 aromatic heterocycles. The van der Waals surface area contributed by atoms with E-state index in [1.165, 1.54) is 24.8 Å². The fraction of sp³-hybridized carbons (Fsp3) is 0.700. The molecular formula is C20H32ClNO4. The second-order valence-electron chi connectivity index (χ2n) is 7.14. The lowest BCUT2D eigenvalue weighted by molar-refractivity contribution is -0.0316. The first kappa shape index (κ1) is 21.3. The lowest BCUT2D eigenvalue weighted by atomic mass is 9.91. The van der Waals surface area contributed by atoms with Crippen molar-refractivity contribution in [3.05, 3.63) is 23.8 Å². The average molecular weight is 386 g/mol. The Morgan fingerprint density at radius 3 is 2.54 bits per heavy atom. The molecule has 0 bridgehead atoms. The van der Waals surface area contributed by atoms with Gasteiger partial charge in [-0.1, -0.05) is 18.9 Å². The molecule has 0 spiro atoms. The number of aliphatic hydroxyl groups excluding tert-OH is 1. The number of aliphatic hydroxyl groups is 1. The molecule has 5 nitrogen and oxygen atoms in total. The molecule has 1 aromatic rings. The van der Waals surface area contributed by atoms with Crippen molar-refractivity contribution in [2.24, 2.45) is 0 Å². The fourth-order valence-corrected chi connectivity index (χ4v) is 4.12. The van der Waals surface area contributed by atoms with E-state index in [-0.39, 0.29) is 18.5 Å². The Morgan fingerprint density at radius 2 is 1.85 bits per heavy atom. The van der Waals surface area contributed by atoms with Gasteiger partial charge in [0.05, 0.1) is 33.0 Å². The van der Waals surface area contributed by atoms with Crippen LogP contribution in [0.15, 0.2) is 18.2 Å².